The molecule has 0 unspecified atom stereocenters. The Balaban J connectivity index is 1.59. The van der Waals surface area contributed by atoms with E-state index in [1.54, 1.807) is 41.4 Å². The number of nitrogens with one attached hydrogen (secondary N) is 1. The molecule has 3 rings (SSSR count). The minimum absolute atomic E-state index is 0.224. The fourth-order valence-electron chi connectivity index (χ4n) is 1.62. The third-order valence-electron chi connectivity index (χ3n) is 2.72. The zero-order chi connectivity index (χ0) is 15.4. The largest absolute Gasteiger partial charge is 0.296 e. The summed E-state index contributed by atoms with van der Waals surface area (Å²) >= 11 is 4.71. The van der Waals surface area contributed by atoms with Crippen LogP contribution in [0.25, 0.3) is 0 Å². The van der Waals surface area contributed by atoms with Crippen molar-refractivity contribution in [3.05, 3.63) is 52.0 Å². The summed E-state index contributed by atoms with van der Waals surface area (Å²) < 4.78 is 0.839. The lowest BCUT2D eigenvalue weighted by molar-refractivity contribution is 0.102. The van der Waals surface area contributed by atoms with Crippen molar-refractivity contribution >= 4 is 45.5 Å². The van der Waals surface area contributed by atoms with Gasteiger partial charge in [0.05, 0.1) is 5.56 Å². The highest BCUT2D eigenvalue weighted by Crippen LogP contribution is 2.29. The highest BCUT2D eigenvalue weighted by Gasteiger charge is 2.11. The van der Waals surface area contributed by atoms with Gasteiger partial charge >= 0.3 is 0 Å². The Bertz CT molecular complexity index is 753. The summed E-state index contributed by atoms with van der Waals surface area (Å²) in [4.78, 5) is 17.5. The van der Waals surface area contributed by atoms with Crippen molar-refractivity contribution < 1.29 is 4.79 Å². The average Bonchev–Trinajstić information content (AvgIpc) is 3.17. The van der Waals surface area contributed by atoms with Gasteiger partial charge in [-0.05, 0) is 30.5 Å². The molecule has 3 heterocycles. The van der Waals surface area contributed by atoms with E-state index in [0.717, 1.165) is 15.8 Å². The zero-order valence-electron chi connectivity index (χ0n) is 11.6. The van der Waals surface area contributed by atoms with Crippen LogP contribution >= 0.6 is 34.4 Å². The smallest absolute Gasteiger partial charge is 0.259 e. The molecular formula is C14H12N4OS3. The highest BCUT2D eigenvalue weighted by atomic mass is 32.2. The van der Waals surface area contributed by atoms with E-state index in [-0.39, 0.29) is 5.91 Å². The van der Waals surface area contributed by atoms with Crippen LogP contribution in [0.5, 0.6) is 0 Å². The quantitative estimate of drug-likeness (QED) is 0.560. The standard InChI is InChI=1S/C14H12N4OS3/c1-9-4-5-10(7-15-9)12(19)16-13-17-18-14(22-13)21-8-11-3-2-6-20-11/h2-7H,8H2,1H3,(H,16,17,19). The number of anilines is 1. The van der Waals surface area contributed by atoms with Crippen LogP contribution in [0.15, 0.2) is 40.2 Å². The van der Waals surface area contributed by atoms with Crippen LogP contribution in [0, 0.1) is 6.92 Å². The minimum Gasteiger partial charge on any atom is -0.296 e. The first kappa shape index (κ1) is 15.1. The Kier molecular flexibility index (Phi) is 4.81. The van der Waals surface area contributed by atoms with Crippen LogP contribution in [0.2, 0.25) is 0 Å². The fourth-order valence-corrected chi connectivity index (χ4v) is 4.14. The van der Waals surface area contributed by atoms with Crippen molar-refractivity contribution in [2.45, 2.75) is 17.0 Å². The van der Waals surface area contributed by atoms with E-state index in [9.17, 15) is 4.79 Å². The molecule has 5 nitrogen and oxygen atoms in total. The zero-order valence-corrected chi connectivity index (χ0v) is 14.1. The number of aryl methyl sites for hydroxylation is 1. The van der Waals surface area contributed by atoms with Gasteiger partial charge in [-0.2, -0.15) is 0 Å². The molecule has 8 heteroatoms. The summed E-state index contributed by atoms with van der Waals surface area (Å²) in [5.41, 5.74) is 1.38. The summed E-state index contributed by atoms with van der Waals surface area (Å²) in [7, 11) is 0. The number of hydrogen-bond acceptors (Lipinski definition) is 7. The number of hydrogen-bond donors (Lipinski definition) is 1. The topological polar surface area (TPSA) is 67.8 Å². The van der Waals surface area contributed by atoms with E-state index in [0.29, 0.717) is 10.7 Å². The van der Waals surface area contributed by atoms with Gasteiger partial charge in [0.1, 0.15) is 0 Å². The number of nitrogens with zero attached hydrogens (tertiary/aromatic N) is 3. The van der Waals surface area contributed by atoms with Gasteiger partial charge in [-0.1, -0.05) is 29.2 Å². The monoisotopic (exact) mass is 348 g/mol. The van der Waals surface area contributed by atoms with Gasteiger partial charge < -0.3 is 0 Å². The van der Waals surface area contributed by atoms with Gasteiger partial charge in [-0.15, -0.1) is 21.5 Å². The first-order valence-corrected chi connectivity index (χ1v) is 9.11. The maximum atomic E-state index is 12.1. The number of thiophene rings is 1. The summed E-state index contributed by atoms with van der Waals surface area (Å²) in [6.07, 6.45) is 1.55. The molecule has 22 heavy (non-hydrogen) atoms. The van der Waals surface area contributed by atoms with Crippen molar-refractivity contribution in [3.63, 3.8) is 0 Å². The molecule has 0 aliphatic rings. The number of aromatic nitrogens is 3. The van der Waals surface area contributed by atoms with Gasteiger partial charge in [0.2, 0.25) is 5.13 Å². The Morgan fingerprint density at radius 3 is 2.95 bits per heavy atom. The molecule has 0 fully saturated rings. The summed E-state index contributed by atoms with van der Waals surface area (Å²) in [6, 6.07) is 7.66. The van der Waals surface area contributed by atoms with E-state index >= 15 is 0 Å². The molecule has 3 aromatic heterocycles. The van der Waals surface area contributed by atoms with Crippen molar-refractivity contribution in [1.82, 2.24) is 15.2 Å². The maximum Gasteiger partial charge on any atom is 0.259 e. The minimum atomic E-state index is -0.224. The number of carbonyl (C=O) groups excluding carboxylic acids is 1. The number of pyridine rings is 1. The Hall–Kier alpha value is -1.77. The second kappa shape index (κ2) is 6.99. The molecule has 0 radical (unpaired) electrons. The lowest BCUT2D eigenvalue weighted by Crippen LogP contribution is -2.12. The summed E-state index contributed by atoms with van der Waals surface area (Å²) in [5, 5.41) is 13.4. The molecule has 112 valence electrons. The van der Waals surface area contributed by atoms with Gasteiger partial charge in [-0.3, -0.25) is 15.1 Å². The van der Waals surface area contributed by atoms with Gasteiger partial charge in [0, 0.05) is 22.5 Å². The van der Waals surface area contributed by atoms with Crippen LogP contribution in [-0.4, -0.2) is 21.1 Å². The molecule has 3 aromatic rings. The number of thioether (sulfide) groups is 1. The van der Waals surface area contributed by atoms with E-state index in [1.165, 1.54) is 16.2 Å². The molecule has 0 saturated heterocycles. The van der Waals surface area contributed by atoms with Crippen molar-refractivity contribution in [2.24, 2.45) is 0 Å². The van der Waals surface area contributed by atoms with Crippen LogP contribution in [0.1, 0.15) is 20.9 Å². The molecule has 0 bridgehead atoms. The molecule has 0 aliphatic heterocycles. The third kappa shape index (κ3) is 3.90. The second-order valence-corrected chi connectivity index (χ2v) is 7.62. The molecule has 0 aromatic carbocycles. The first-order chi connectivity index (χ1) is 10.7. The lowest BCUT2D eigenvalue weighted by Gasteiger charge is -2.00. The first-order valence-electron chi connectivity index (χ1n) is 6.43. The van der Waals surface area contributed by atoms with E-state index in [2.05, 4.69) is 31.9 Å². The van der Waals surface area contributed by atoms with Crippen molar-refractivity contribution in [2.75, 3.05) is 5.32 Å². The summed E-state index contributed by atoms with van der Waals surface area (Å²) in [6.45, 7) is 1.88. The van der Waals surface area contributed by atoms with E-state index in [4.69, 9.17) is 0 Å². The number of carbonyl (C=O) groups is 1. The molecule has 0 aliphatic carbocycles. The molecule has 0 saturated carbocycles. The molecule has 0 spiro atoms. The fraction of sp³-hybridized carbons (Fsp3) is 0.143. The highest BCUT2D eigenvalue weighted by molar-refractivity contribution is 8.00. The van der Waals surface area contributed by atoms with Crippen LogP contribution in [0.4, 0.5) is 5.13 Å². The third-order valence-corrected chi connectivity index (χ3v) is 5.80. The molecule has 1 amide bonds. The second-order valence-electron chi connectivity index (χ2n) is 4.38. The van der Waals surface area contributed by atoms with Crippen LogP contribution < -0.4 is 5.32 Å². The number of amides is 1. The van der Waals surface area contributed by atoms with E-state index < -0.39 is 0 Å². The van der Waals surface area contributed by atoms with Crippen molar-refractivity contribution in [3.8, 4) is 0 Å². The Labute approximate surface area is 139 Å². The predicted octanol–water partition coefficient (Wildman–Crippen LogP) is 3.85. The lowest BCUT2D eigenvalue weighted by atomic mass is 10.2. The Morgan fingerprint density at radius 2 is 2.23 bits per heavy atom. The van der Waals surface area contributed by atoms with Gasteiger partial charge in [0.25, 0.3) is 5.91 Å². The van der Waals surface area contributed by atoms with Crippen molar-refractivity contribution in [1.29, 1.82) is 0 Å². The Morgan fingerprint density at radius 1 is 1.32 bits per heavy atom. The normalized spacial score (nSPS) is 10.6. The SMILES string of the molecule is Cc1ccc(C(=O)Nc2nnc(SCc3cccs3)s2)cn1. The van der Waals surface area contributed by atoms with Crippen LogP contribution in [0.3, 0.4) is 0 Å². The van der Waals surface area contributed by atoms with E-state index in [1.807, 2.05) is 13.0 Å². The summed E-state index contributed by atoms with van der Waals surface area (Å²) in [5.74, 6) is 0.640. The molecule has 1 N–H and O–H groups in total. The number of rotatable bonds is 5. The predicted molar refractivity (Wildman–Crippen MR) is 90.7 cm³/mol. The maximum absolute atomic E-state index is 12.1. The molecular weight excluding hydrogens is 336 g/mol. The average molecular weight is 348 g/mol. The van der Waals surface area contributed by atoms with Crippen LogP contribution in [-0.2, 0) is 5.75 Å². The van der Waals surface area contributed by atoms with Gasteiger partial charge in [-0.25, -0.2) is 0 Å². The molecule has 0 atom stereocenters. The van der Waals surface area contributed by atoms with Gasteiger partial charge in [0.15, 0.2) is 4.34 Å².